The van der Waals surface area contributed by atoms with E-state index in [1.54, 1.807) is 31.5 Å². The standard InChI is InChI=1S/C26H28FN3O2/c1-17(2)32-23-13-20(15-28-25-9-7-6-8-24(25)27)12-22(14-23)18(3)30-26-11-10-21(16-29-26)19(4)31-5/h6-14,16-17,28H,3-4,15H2,1-2,5H3,(H,29,30). The number of anilines is 2. The molecule has 2 N–H and O–H groups in total. The van der Waals surface area contributed by atoms with Gasteiger partial charge in [-0.25, -0.2) is 9.37 Å². The number of rotatable bonds is 10. The molecule has 3 aromatic rings. The molecule has 1 aromatic heterocycles. The second-order valence-corrected chi connectivity index (χ2v) is 7.53. The second kappa shape index (κ2) is 10.5. The van der Waals surface area contributed by atoms with E-state index < -0.39 is 0 Å². The number of para-hydroxylation sites is 1. The molecule has 0 amide bonds. The van der Waals surface area contributed by atoms with Crippen LogP contribution in [0, 0.1) is 5.82 Å². The molecule has 0 fully saturated rings. The average Bonchev–Trinajstić information content (AvgIpc) is 2.78. The second-order valence-electron chi connectivity index (χ2n) is 7.53. The summed E-state index contributed by atoms with van der Waals surface area (Å²) in [5.41, 5.74) is 3.70. The van der Waals surface area contributed by atoms with Gasteiger partial charge in [0.2, 0.25) is 0 Å². The first kappa shape index (κ1) is 22.9. The monoisotopic (exact) mass is 433 g/mol. The topological polar surface area (TPSA) is 55.4 Å². The summed E-state index contributed by atoms with van der Waals surface area (Å²) in [5, 5.41) is 6.36. The molecule has 166 valence electrons. The predicted molar refractivity (Wildman–Crippen MR) is 129 cm³/mol. The molecule has 3 rings (SSSR count). The zero-order chi connectivity index (χ0) is 23.1. The van der Waals surface area contributed by atoms with Gasteiger partial charge in [-0.3, -0.25) is 0 Å². The van der Waals surface area contributed by atoms with Crippen molar-refractivity contribution in [1.82, 2.24) is 4.98 Å². The number of nitrogens with one attached hydrogen (secondary N) is 2. The van der Waals surface area contributed by atoms with Gasteiger partial charge in [-0.15, -0.1) is 0 Å². The lowest BCUT2D eigenvalue weighted by atomic mass is 10.1. The maximum absolute atomic E-state index is 14.0. The summed E-state index contributed by atoms with van der Waals surface area (Å²) in [4.78, 5) is 4.39. The zero-order valence-electron chi connectivity index (χ0n) is 18.6. The Morgan fingerprint density at radius 2 is 1.84 bits per heavy atom. The number of nitrogens with zero attached hydrogens (tertiary/aromatic N) is 1. The molecular weight excluding hydrogens is 405 g/mol. The first-order chi connectivity index (χ1) is 15.4. The first-order valence-electron chi connectivity index (χ1n) is 10.3. The molecule has 0 bridgehead atoms. The molecule has 32 heavy (non-hydrogen) atoms. The van der Waals surface area contributed by atoms with Gasteiger partial charge < -0.3 is 20.1 Å². The number of hydrogen-bond acceptors (Lipinski definition) is 5. The highest BCUT2D eigenvalue weighted by atomic mass is 19.1. The summed E-state index contributed by atoms with van der Waals surface area (Å²) >= 11 is 0. The normalized spacial score (nSPS) is 10.5. The molecule has 0 aliphatic carbocycles. The third kappa shape index (κ3) is 6.11. The van der Waals surface area contributed by atoms with Crippen molar-refractivity contribution in [3.63, 3.8) is 0 Å². The number of pyridine rings is 1. The Kier molecular flexibility index (Phi) is 7.49. The van der Waals surface area contributed by atoms with Crippen molar-refractivity contribution < 1.29 is 13.9 Å². The largest absolute Gasteiger partial charge is 0.497 e. The van der Waals surface area contributed by atoms with Crippen LogP contribution in [0.4, 0.5) is 15.9 Å². The van der Waals surface area contributed by atoms with Gasteiger partial charge in [-0.1, -0.05) is 25.3 Å². The van der Waals surface area contributed by atoms with Crippen LogP contribution < -0.4 is 15.4 Å². The van der Waals surface area contributed by atoms with Gasteiger partial charge in [-0.2, -0.15) is 0 Å². The molecule has 0 saturated heterocycles. The molecule has 0 radical (unpaired) electrons. The quantitative estimate of drug-likeness (QED) is 0.367. The molecule has 6 heteroatoms. The van der Waals surface area contributed by atoms with Crippen molar-refractivity contribution in [3.8, 4) is 5.75 Å². The van der Waals surface area contributed by atoms with E-state index >= 15 is 0 Å². The lowest BCUT2D eigenvalue weighted by Gasteiger charge is -2.16. The van der Waals surface area contributed by atoms with Crippen LogP contribution in [-0.2, 0) is 11.3 Å². The fraction of sp³-hybridized carbons (Fsp3) is 0.192. The smallest absolute Gasteiger partial charge is 0.146 e. The number of ether oxygens (including phenoxy) is 2. The van der Waals surface area contributed by atoms with Gasteiger partial charge in [0, 0.05) is 29.6 Å². The van der Waals surface area contributed by atoms with E-state index in [1.807, 2.05) is 44.2 Å². The Balaban J connectivity index is 1.79. The van der Waals surface area contributed by atoms with E-state index in [4.69, 9.17) is 9.47 Å². The van der Waals surface area contributed by atoms with Crippen LogP contribution in [0.3, 0.4) is 0 Å². The van der Waals surface area contributed by atoms with Gasteiger partial charge in [0.15, 0.2) is 0 Å². The molecule has 1 heterocycles. The molecule has 0 aliphatic rings. The van der Waals surface area contributed by atoms with Crippen molar-refractivity contribution in [2.45, 2.75) is 26.5 Å². The van der Waals surface area contributed by atoms with Crippen LogP contribution >= 0.6 is 0 Å². The summed E-state index contributed by atoms with van der Waals surface area (Å²) in [6.07, 6.45) is 1.70. The SMILES string of the molecule is C=C(Nc1ccc(C(=C)OC)cn1)c1cc(CNc2ccccc2F)cc(OC(C)C)c1. The third-order valence-electron chi connectivity index (χ3n) is 4.65. The Hall–Kier alpha value is -3.80. The molecular formula is C26H28FN3O2. The van der Waals surface area contributed by atoms with Gasteiger partial charge in [0.05, 0.1) is 18.9 Å². The van der Waals surface area contributed by atoms with Crippen molar-refractivity contribution in [3.05, 3.63) is 96.5 Å². The molecule has 2 aromatic carbocycles. The van der Waals surface area contributed by atoms with Gasteiger partial charge in [0.1, 0.15) is 23.1 Å². The predicted octanol–water partition coefficient (Wildman–Crippen LogP) is 6.32. The minimum Gasteiger partial charge on any atom is -0.497 e. The Labute approximate surface area is 188 Å². The van der Waals surface area contributed by atoms with E-state index in [-0.39, 0.29) is 11.9 Å². The molecule has 5 nitrogen and oxygen atoms in total. The minimum absolute atomic E-state index is 0.0157. The van der Waals surface area contributed by atoms with Gasteiger partial charge in [0.25, 0.3) is 0 Å². The van der Waals surface area contributed by atoms with Crippen LogP contribution in [0.2, 0.25) is 0 Å². The Morgan fingerprint density at radius 3 is 2.50 bits per heavy atom. The number of methoxy groups -OCH3 is 1. The summed E-state index contributed by atoms with van der Waals surface area (Å²) in [6, 6.07) is 16.1. The third-order valence-corrected chi connectivity index (χ3v) is 4.65. The summed E-state index contributed by atoms with van der Waals surface area (Å²) < 4.78 is 25.0. The van der Waals surface area contributed by atoms with E-state index in [0.717, 1.165) is 16.7 Å². The zero-order valence-corrected chi connectivity index (χ0v) is 18.6. The summed E-state index contributed by atoms with van der Waals surface area (Å²) in [7, 11) is 1.57. The van der Waals surface area contributed by atoms with E-state index in [2.05, 4.69) is 28.8 Å². The van der Waals surface area contributed by atoms with Crippen molar-refractivity contribution in [1.29, 1.82) is 0 Å². The fourth-order valence-corrected chi connectivity index (χ4v) is 3.06. The maximum Gasteiger partial charge on any atom is 0.146 e. The van der Waals surface area contributed by atoms with Crippen molar-refractivity contribution in [2.75, 3.05) is 17.7 Å². The maximum atomic E-state index is 14.0. The highest BCUT2D eigenvalue weighted by Gasteiger charge is 2.09. The van der Waals surface area contributed by atoms with Crippen LogP contribution in [0.5, 0.6) is 5.75 Å². The fourth-order valence-electron chi connectivity index (χ4n) is 3.06. The first-order valence-corrected chi connectivity index (χ1v) is 10.3. The minimum atomic E-state index is -0.293. The molecule has 0 atom stereocenters. The number of hydrogen-bond donors (Lipinski definition) is 2. The number of halogens is 1. The lowest BCUT2D eigenvalue weighted by Crippen LogP contribution is -2.08. The van der Waals surface area contributed by atoms with E-state index in [0.29, 0.717) is 35.3 Å². The van der Waals surface area contributed by atoms with E-state index in [9.17, 15) is 4.39 Å². The molecule has 0 saturated carbocycles. The number of aromatic nitrogens is 1. The van der Waals surface area contributed by atoms with Crippen molar-refractivity contribution in [2.24, 2.45) is 0 Å². The highest BCUT2D eigenvalue weighted by Crippen LogP contribution is 2.25. The lowest BCUT2D eigenvalue weighted by molar-refractivity contribution is 0.242. The average molecular weight is 434 g/mol. The highest BCUT2D eigenvalue weighted by molar-refractivity contribution is 5.75. The number of benzene rings is 2. The van der Waals surface area contributed by atoms with E-state index in [1.165, 1.54) is 6.07 Å². The van der Waals surface area contributed by atoms with Crippen LogP contribution in [0.15, 0.2) is 74.0 Å². The summed E-state index contributed by atoms with van der Waals surface area (Å²) in [6.45, 7) is 12.4. The van der Waals surface area contributed by atoms with Gasteiger partial charge in [-0.05, 0) is 61.9 Å². The Bertz CT molecular complexity index is 1090. The molecule has 0 unspecified atom stereocenters. The summed E-state index contributed by atoms with van der Waals surface area (Å²) in [5.74, 6) is 1.61. The molecule has 0 aliphatic heterocycles. The van der Waals surface area contributed by atoms with Crippen molar-refractivity contribution >= 4 is 23.0 Å². The van der Waals surface area contributed by atoms with Crippen LogP contribution in [0.1, 0.15) is 30.5 Å². The van der Waals surface area contributed by atoms with Crippen LogP contribution in [-0.4, -0.2) is 18.2 Å². The molecule has 0 spiro atoms. The van der Waals surface area contributed by atoms with Gasteiger partial charge >= 0.3 is 0 Å². The van der Waals surface area contributed by atoms with Crippen LogP contribution in [0.25, 0.3) is 11.5 Å². The Morgan fingerprint density at radius 1 is 1.06 bits per heavy atom.